The first-order valence-electron chi connectivity index (χ1n) is 12.7. The van der Waals surface area contributed by atoms with Crippen molar-refractivity contribution in [2.75, 3.05) is 13.1 Å². The van der Waals surface area contributed by atoms with Crippen LogP contribution in [0.15, 0.2) is 0 Å². The second-order valence-corrected chi connectivity index (χ2v) is 10.7. The molecule has 2 fully saturated rings. The van der Waals surface area contributed by atoms with Crippen LogP contribution in [0.1, 0.15) is 91.4 Å². The molecule has 6 atom stereocenters. The number of alkyl halides is 3. The molecule has 0 heterocycles. The smallest absolute Gasteiger partial charge is 0.329 e. The molecule has 0 aromatic carbocycles. The van der Waals surface area contributed by atoms with E-state index >= 15 is 0 Å². The lowest BCUT2D eigenvalue weighted by molar-refractivity contribution is -0.189. The van der Waals surface area contributed by atoms with Gasteiger partial charge in [-0.05, 0) is 43.9 Å². The molecular weight excluding hydrogens is 399 g/mol. The van der Waals surface area contributed by atoms with Gasteiger partial charge in [0.2, 0.25) is 0 Å². The van der Waals surface area contributed by atoms with Crippen molar-refractivity contribution in [3.8, 4) is 0 Å². The van der Waals surface area contributed by atoms with E-state index in [1.807, 2.05) is 0 Å². The lowest BCUT2D eigenvalue weighted by atomic mass is 9.51. The third kappa shape index (κ3) is 7.26. The van der Waals surface area contributed by atoms with Crippen molar-refractivity contribution in [2.24, 2.45) is 40.6 Å². The Labute approximate surface area is 188 Å². The van der Waals surface area contributed by atoms with Crippen molar-refractivity contribution in [2.45, 2.75) is 110 Å². The van der Waals surface area contributed by atoms with Gasteiger partial charge in [-0.2, -0.15) is 13.2 Å². The van der Waals surface area contributed by atoms with E-state index in [9.17, 15) is 13.2 Å². The highest BCUT2D eigenvalue weighted by Crippen LogP contribution is 2.57. The summed E-state index contributed by atoms with van der Waals surface area (Å²) in [5.74, 6) is -0.0511. The highest BCUT2D eigenvalue weighted by molar-refractivity contribution is 5.11. The number of nitrogens with two attached hydrogens (primary N) is 2. The predicted octanol–water partition coefficient (Wildman–Crippen LogP) is 5.83. The van der Waals surface area contributed by atoms with E-state index in [0.29, 0.717) is 50.2 Å². The zero-order valence-electron chi connectivity index (χ0n) is 20.0. The molecule has 0 radical (unpaired) electrons. The van der Waals surface area contributed by atoms with E-state index in [2.05, 4.69) is 32.5 Å². The molecule has 0 aromatic rings. The molecule has 182 valence electrons. The maximum atomic E-state index is 13.9. The van der Waals surface area contributed by atoms with Gasteiger partial charge in [-0.1, -0.05) is 52.9 Å². The maximum absolute atomic E-state index is 13.9. The molecule has 0 aliphatic heterocycles. The summed E-state index contributed by atoms with van der Waals surface area (Å²) < 4.78 is 41.6. The van der Waals surface area contributed by atoms with Crippen molar-refractivity contribution in [3.05, 3.63) is 6.42 Å². The van der Waals surface area contributed by atoms with E-state index in [-0.39, 0.29) is 17.4 Å². The minimum Gasteiger partial charge on any atom is -0.329 e. The highest BCUT2D eigenvalue weighted by Gasteiger charge is 2.58. The molecule has 0 bridgehead atoms. The van der Waals surface area contributed by atoms with Crippen LogP contribution in [0.3, 0.4) is 0 Å². The summed E-state index contributed by atoms with van der Waals surface area (Å²) in [6.07, 6.45) is 7.70. The van der Waals surface area contributed by atoms with E-state index in [0.717, 1.165) is 51.4 Å². The van der Waals surface area contributed by atoms with Crippen LogP contribution in [0.25, 0.3) is 0 Å². The quantitative estimate of drug-likeness (QED) is 0.350. The summed E-state index contributed by atoms with van der Waals surface area (Å²) in [6, 6.07) is 0.247. The van der Waals surface area contributed by atoms with Gasteiger partial charge in [-0.15, -0.1) is 0 Å². The number of nitrogens with one attached hydrogen (secondary N) is 1. The van der Waals surface area contributed by atoms with Gasteiger partial charge < -0.3 is 16.8 Å². The summed E-state index contributed by atoms with van der Waals surface area (Å²) in [5.41, 5.74) is 11.7. The van der Waals surface area contributed by atoms with Gasteiger partial charge in [-0.25, -0.2) is 0 Å². The monoisotopic (exact) mass is 446 g/mol. The Kier molecular flexibility index (Phi) is 10.5. The summed E-state index contributed by atoms with van der Waals surface area (Å²) in [4.78, 5) is 0. The van der Waals surface area contributed by atoms with E-state index in [1.54, 1.807) is 0 Å². The molecule has 0 spiro atoms. The summed E-state index contributed by atoms with van der Waals surface area (Å²) >= 11 is 0. The summed E-state index contributed by atoms with van der Waals surface area (Å²) in [6.45, 7) is 7.72. The second kappa shape index (κ2) is 12.1. The standard InChI is InChI=1S/C25H47F3N3/c1-4-8-19-15-20(25(26,27)28)10-5-6-13-24(19,14-7-9-18(2)3)22-11-12-23(22)31-17-21(30)16-29/h11,18-23,31H,4-10,12-17,29-30H2,1-3H3/q+1. The van der Waals surface area contributed by atoms with Gasteiger partial charge in [-0.3, -0.25) is 0 Å². The molecule has 6 heteroatoms. The Morgan fingerprint density at radius 1 is 1.23 bits per heavy atom. The number of hydrogen-bond donors (Lipinski definition) is 3. The van der Waals surface area contributed by atoms with Crippen LogP contribution in [-0.2, 0) is 0 Å². The Morgan fingerprint density at radius 3 is 2.52 bits per heavy atom. The summed E-state index contributed by atoms with van der Waals surface area (Å²) in [7, 11) is 0. The molecule has 3 nitrogen and oxygen atoms in total. The topological polar surface area (TPSA) is 64.1 Å². The van der Waals surface area contributed by atoms with Crippen molar-refractivity contribution >= 4 is 0 Å². The first kappa shape index (κ1) is 26.8. The zero-order chi connectivity index (χ0) is 23.1. The Hall–Kier alpha value is -0.460. The Morgan fingerprint density at radius 2 is 1.97 bits per heavy atom. The van der Waals surface area contributed by atoms with Crippen LogP contribution >= 0.6 is 0 Å². The van der Waals surface area contributed by atoms with E-state index in [1.165, 1.54) is 0 Å². The van der Waals surface area contributed by atoms with Gasteiger partial charge in [0.05, 0.1) is 18.4 Å². The normalized spacial score (nSPS) is 33.3. The number of halogens is 3. The molecule has 0 amide bonds. The molecule has 2 rings (SSSR count). The van der Waals surface area contributed by atoms with E-state index in [4.69, 9.17) is 11.5 Å². The van der Waals surface area contributed by atoms with Crippen LogP contribution in [0.5, 0.6) is 0 Å². The van der Waals surface area contributed by atoms with Gasteiger partial charge in [0.1, 0.15) is 12.3 Å². The minimum atomic E-state index is -4.08. The largest absolute Gasteiger partial charge is 0.391 e. The zero-order valence-corrected chi connectivity index (χ0v) is 20.0. The predicted molar refractivity (Wildman–Crippen MR) is 123 cm³/mol. The summed E-state index contributed by atoms with van der Waals surface area (Å²) in [5, 5.41) is 3.62. The number of rotatable bonds is 11. The minimum absolute atomic E-state index is 0.0302. The van der Waals surface area contributed by atoms with Crippen LogP contribution < -0.4 is 16.8 Å². The van der Waals surface area contributed by atoms with Crippen LogP contribution in [-0.4, -0.2) is 31.3 Å². The van der Waals surface area contributed by atoms with Crippen molar-refractivity contribution in [1.29, 1.82) is 0 Å². The van der Waals surface area contributed by atoms with Crippen LogP contribution in [0.2, 0.25) is 0 Å². The van der Waals surface area contributed by atoms with Gasteiger partial charge in [0.15, 0.2) is 0 Å². The highest BCUT2D eigenvalue weighted by atomic mass is 19.4. The molecule has 0 saturated heterocycles. The lowest BCUT2D eigenvalue weighted by Crippen LogP contribution is -2.57. The molecule has 2 aliphatic rings. The lowest BCUT2D eigenvalue weighted by Gasteiger charge is -2.51. The van der Waals surface area contributed by atoms with Crippen molar-refractivity contribution < 1.29 is 13.2 Å². The van der Waals surface area contributed by atoms with Crippen LogP contribution in [0, 0.1) is 35.5 Å². The molecule has 31 heavy (non-hydrogen) atoms. The third-order valence-corrected chi connectivity index (χ3v) is 8.04. The molecule has 2 saturated carbocycles. The van der Waals surface area contributed by atoms with E-state index < -0.39 is 12.1 Å². The fraction of sp³-hybridized carbons (Fsp3) is 0.960. The molecule has 6 unspecified atom stereocenters. The second-order valence-electron chi connectivity index (χ2n) is 10.7. The molecule has 2 aliphatic carbocycles. The van der Waals surface area contributed by atoms with Gasteiger partial charge >= 0.3 is 6.18 Å². The fourth-order valence-electron chi connectivity index (χ4n) is 6.21. The first-order valence-corrected chi connectivity index (χ1v) is 12.7. The van der Waals surface area contributed by atoms with Crippen LogP contribution in [0.4, 0.5) is 13.2 Å². The fourth-order valence-corrected chi connectivity index (χ4v) is 6.21. The number of hydrogen-bond acceptors (Lipinski definition) is 3. The maximum Gasteiger partial charge on any atom is 0.391 e. The first-order chi connectivity index (χ1) is 14.6. The molecule has 5 N–H and O–H groups in total. The molecular formula is C25H47F3N3+. The molecule has 0 aromatic heterocycles. The van der Waals surface area contributed by atoms with Gasteiger partial charge in [0.25, 0.3) is 0 Å². The average Bonchev–Trinajstić information content (AvgIpc) is 2.65. The Bertz CT molecular complexity index is 511. The van der Waals surface area contributed by atoms with Crippen molar-refractivity contribution in [3.63, 3.8) is 0 Å². The Balaban J connectivity index is 2.30. The van der Waals surface area contributed by atoms with Gasteiger partial charge in [0, 0.05) is 24.5 Å². The average molecular weight is 447 g/mol. The SMILES string of the molecule is CCCC1CC(C(F)(F)F)CCCCC1(CCCC(C)C)C1[CH+]CC1NCC(N)CN. The van der Waals surface area contributed by atoms with Crippen molar-refractivity contribution in [1.82, 2.24) is 5.32 Å². The third-order valence-electron chi connectivity index (χ3n) is 8.04.